The van der Waals surface area contributed by atoms with Crippen LogP contribution in [0.3, 0.4) is 0 Å². The Morgan fingerprint density at radius 3 is 2.52 bits per heavy atom. The minimum absolute atomic E-state index is 0.000496. The number of rotatable bonds is 2. The fourth-order valence-corrected chi connectivity index (χ4v) is 6.50. The van der Waals surface area contributed by atoms with E-state index >= 15 is 0 Å². The van der Waals surface area contributed by atoms with Gasteiger partial charge in [-0.05, 0) is 62.2 Å². The molecule has 1 heterocycles. The van der Waals surface area contributed by atoms with Crippen LogP contribution in [0.15, 0.2) is 23.8 Å². The first kappa shape index (κ1) is 18.6. The van der Waals surface area contributed by atoms with E-state index < -0.39 is 17.0 Å². The van der Waals surface area contributed by atoms with Crippen LogP contribution in [-0.4, -0.2) is 35.8 Å². The van der Waals surface area contributed by atoms with Gasteiger partial charge in [0.15, 0.2) is 17.2 Å². The summed E-state index contributed by atoms with van der Waals surface area (Å²) in [5, 5.41) is 0. The molecule has 0 N–H and O–H groups in total. The molecule has 2 saturated carbocycles. The molecule has 0 amide bonds. The number of ketones is 2. The van der Waals surface area contributed by atoms with Gasteiger partial charge in [0, 0.05) is 17.8 Å². The summed E-state index contributed by atoms with van der Waals surface area (Å²) < 4.78 is 12.1. The highest BCUT2D eigenvalue weighted by Gasteiger charge is 2.68. The van der Waals surface area contributed by atoms with Crippen LogP contribution in [0, 0.1) is 22.7 Å². The summed E-state index contributed by atoms with van der Waals surface area (Å²) in [5.41, 5.74) is -0.596. The molecule has 0 radical (unpaired) electrons. The van der Waals surface area contributed by atoms with Crippen LogP contribution in [0.4, 0.5) is 0 Å². The second-order valence-corrected chi connectivity index (χ2v) is 9.15. The molecule has 146 valence electrons. The summed E-state index contributed by atoms with van der Waals surface area (Å²) in [4.78, 5) is 36.3. The van der Waals surface area contributed by atoms with E-state index in [0.29, 0.717) is 13.0 Å². The third kappa shape index (κ3) is 2.36. The van der Waals surface area contributed by atoms with Crippen molar-refractivity contribution in [1.82, 2.24) is 0 Å². The van der Waals surface area contributed by atoms with Gasteiger partial charge in [-0.2, -0.15) is 0 Å². The first-order chi connectivity index (χ1) is 12.6. The molecular weight excluding hydrogens is 344 g/mol. The lowest BCUT2D eigenvalue weighted by atomic mass is 9.52. The van der Waals surface area contributed by atoms with Gasteiger partial charge in [-0.25, -0.2) is 0 Å². The maximum Gasteiger partial charge on any atom is 0.303 e. The Bertz CT molecular complexity index is 780. The standard InChI is InChI=1S/C22H28O5/c1-13(23)22(27-14(2)24)10-7-18-19-17(6-9-21(18,22)4)20(3)8-5-16(25)11-15(20)12-26-19/h5,8,11,17-19H,6-7,9-10,12H2,1-4H3/t17-,18-,19+,20-,21-,22+/m0/s1. The molecule has 4 aliphatic rings. The average Bonchev–Trinajstić information content (AvgIpc) is 2.89. The van der Waals surface area contributed by atoms with E-state index in [-0.39, 0.29) is 34.9 Å². The lowest BCUT2D eigenvalue weighted by molar-refractivity contribution is -0.196. The molecule has 6 atom stereocenters. The van der Waals surface area contributed by atoms with E-state index in [4.69, 9.17) is 9.47 Å². The Balaban J connectivity index is 1.71. The highest BCUT2D eigenvalue weighted by Crippen LogP contribution is 2.65. The monoisotopic (exact) mass is 372 g/mol. The molecule has 0 aromatic carbocycles. The lowest BCUT2D eigenvalue weighted by Crippen LogP contribution is -2.61. The highest BCUT2D eigenvalue weighted by atomic mass is 16.6. The molecule has 3 aliphatic carbocycles. The fourth-order valence-electron chi connectivity index (χ4n) is 6.50. The number of carbonyl (C=O) groups excluding carboxylic acids is 3. The zero-order valence-electron chi connectivity index (χ0n) is 16.5. The summed E-state index contributed by atoms with van der Waals surface area (Å²) >= 11 is 0. The van der Waals surface area contributed by atoms with Gasteiger partial charge in [-0.15, -0.1) is 0 Å². The van der Waals surface area contributed by atoms with E-state index in [1.807, 2.05) is 6.08 Å². The third-order valence-corrected chi connectivity index (χ3v) is 8.01. The SMILES string of the molecule is CC(=O)O[C@@]1(C(C)=O)CC[C@H]2[C@@H]3OCC4=CC(=O)C=C[C@]4(C)[C@H]3CC[C@@]21C. The van der Waals surface area contributed by atoms with Crippen molar-refractivity contribution in [3.8, 4) is 0 Å². The van der Waals surface area contributed by atoms with Gasteiger partial charge in [0.25, 0.3) is 0 Å². The first-order valence-corrected chi connectivity index (χ1v) is 9.90. The number of fused-ring (bicyclic) bond motifs is 5. The number of hydrogen-bond acceptors (Lipinski definition) is 5. The summed E-state index contributed by atoms with van der Waals surface area (Å²) in [7, 11) is 0. The Morgan fingerprint density at radius 1 is 1.15 bits per heavy atom. The number of ether oxygens (including phenoxy) is 2. The topological polar surface area (TPSA) is 69.7 Å². The maximum atomic E-state index is 12.7. The Hall–Kier alpha value is -1.75. The van der Waals surface area contributed by atoms with Gasteiger partial charge < -0.3 is 9.47 Å². The Kier molecular flexibility index (Phi) is 4.05. The highest BCUT2D eigenvalue weighted by molar-refractivity contribution is 6.01. The van der Waals surface area contributed by atoms with Crippen molar-refractivity contribution in [1.29, 1.82) is 0 Å². The molecule has 4 rings (SSSR count). The minimum Gasteiger partial charge on any atom is -0.451 e. The second kappa shape index (κ2) is 5.87. The zero-order chi connectivity index (χ0) is 19.6. The van der Waals surface area contributed by atoms with Crippen LogP contribution in [0.25, 0.3) is 0 Å². The molecule has 0 spiro atoms. The van der Waals surface area contributed by atoms with Crippen LogP contribution in [0.2, 0.25) is 0 Å². The normalized spacial score (nSPS) is 45.4. The van der Waals surface area contributed by atoms with Gasteiger partial charge in [0.05, 0.1) is 12.7 Å². The molecule has 1 aliphatic heterocycles. The van der Waals surface area contributed by atoms with Crippen LogP contribution < -0.4 is 0 Å². The predicted molar refractivity (Wildman–Crippen MR) is 98.8 cm³/mol. The van der Waals surface area contributed by atoms with Gasteiger partial charge >= 0.3 is 5.97 Å². The summed E-state index contributed by atoms with van der Waals surface area (Å²) in [5.74, 6) is -0.0167. The first-order valence-electron chi connectivity index (χ1n) is 9.90. The van der Waals surface area contributed by atoms with Crippen LogP contribution >= 0.6 is 0 Å². The number of hydrogen-bond donors (Lipinski definition) is 0. The van der Waals surface area contributed by atoms with Crippen molar-refractivity contribution >= 4 is 17.5 Å². The second-order valence-electron chi connectivity index (χ2n) is 9.15. The molecule has 27 heavy (non-hydrogen) atoms. The maximum absolute atomic E-state index is 12.7. The molecular formula is C22H28O5. The number of carbonyl (C=O) groups is 3. The summed E-state index contributed by atoms with van der Waals surface area (Å²) in [6.45, 7) is 7.67. The van der Waals surface area contributed by atoms with Crippen LogP contribution in [-0.2, 0) is 23.9 Å². The smallest absolute Gasteiger partial charge is 0.303 e. The largest absolute Gasteiger partial charge is 0.451 e. The quantitative estimate of drug-likeness (QED) is 0.697. The molecule has 5 nitrogen and oxygen atoms in total. The van der Waals surface area contributed by atoms with Gasteiger partial charge in [0.2, 0.25) is 0 Å². The Labute approximate surface area is 160 Å². The van der Waals surface area contributed by atoms with E-state index in [9.17, 15) is 14.4 Å². The van der Waals surface area contributed by atoms with Crippen LogP contribution in [0.1, 0.15) is 53.4 Å². The zero-order valence-corrected chi connectivity index (χ0v) is 16.5. The number of allylic oxidation sites excluding steroid dienone is 3. The molecule has 0 aromatic rings. The number of esters is 1. The van der Waals surface area contributed by atoms with Crippen LogP contribution in [0.5, 0.6) is 0 Å². The third-order valence-electron chi connectivity index (χ3n) is 8.01. The Morgan fingerprint density at radius 2 is 1.85 bits per heavy atom. The van der Waals surface area contributed by atoms with Crippen molar-refractivity contribution in [3.63, 3.8) is 0 Å². The molecule has 5 heteroatoms. The predicted octanol–water partition coefficient (Wildman–Crippen LogP) is 3.17. The minimum atomic E-state index is -1.05. The molecule has 0 bridgehead atoms. The van der Waals surface area contributed by atoms with Crippen molar-refractivity contribution in [2.45, 2.75) is 65.1 Å². The van der Waals surface area contributed by atoms with Crippen molar-refractivity contribution in [2.75, 3.05) is 6.61 Å². The van der Waals surface area contributed by atoms with Crippen molar-refractivity contribution in [3.05, 3.63) is 23.8 Å². The summed E-state index contributed by atoms with van der Waals surface area (Å²) in [6, 6.07) is 0. The lowest BCUT2D eigenvalue weighted by Gasteiger charge is -2.57. The fraction of sp³-hybridized carbons (Fsp3) is 0.682. The van der Waals surface area contributed by atoms with Gasteiger partial charge in [-0.1, -0.05) is 19.9 Å². The average molecular weight is 372 g/mol. The van der Waals surface area contributed by atoms with E-state index in [2.05, 4.69) is 13.8 Å². The van der Waals surface area contributed by atoms with Gasteiger partial charge in [0.1, 0.15) is 0 Å². The molecule has 1 saturated heterocycles. The molecule has 3 fully saturated rings. The molecule has 0 unspecified atom stereocenters. The molecule has 0 aromatic heterocycles. The number of Topliss-reactive ketones (excluding diaryl/α,β-unsaturated/α-hetero) is 1. The van der Waals surface area contributed by atoms with Gasteiger partial charge in [-0.3, -0.25) is 14.4 Å². The summed E-state index contributed by atoms with van der Waals surface area (Å²) in [6.07, 6.45) is 8.49. The van der Waals surface area contributed by atoms with Crippen molar-refractivity contribution in [2.24, 2.45) is 22.7 Å². The van der Waals surface area contributed by atoms with E-state index in [0.717, 1.165) is 24.8 Å². The van der Waals surface area contributed by atoms with Crippen molar-refractivity contribution < 1.29 is 23.9 Å². The van der Waals surface area contributed by atoms with E-state index in [1.54, 1.807) is 19.1 Å². The van der Waals surface area contributed by atoms with E-state index in [1.165, 1.54) is 6.92 Å².